The lowest BCUT2D eigenvalue weighted by Gasteiger charge is -2.10. The van der Waals surface area contributed by atoms with E-state index in [1.54, 1.807) is 0 Å². The maximum atomic E-state index is 4.02. The fourth-order valence-corrected chi connectivity index (χ4v) is 2.46. The molecule has 0 fully saturated rings. The van der Waals surface area contributed by atoms with Crippen molar-refractivity contribution in [3.8, 4) is 0 Å². The fourth-order valence-electron chi connectivity index (χ4n) is 1.52. The molecule has 0 aliphatic rings. The number of alkyl halides is 1. The number of halogens is 2. The van der Waals surface area contributed by atoms with Crippen molar-refractivity contribution in [1.29, 1.82) is 0 Å². The molecule has 82 valence electrons. The average molecular weight is 341 g/mol. The Kier molecular flexibility index (Phi) is 4.13. The number of aromatic nitrogens is 1. The SMILES string of the molecule is Brc1ccc(C(Br)Cc2ccncc2)cc1. The van der Waals surface area contributed by atoms with E-state index in [1.807, 2.05) is 24.5 Å². The number of benzene rings is 1. The van der Waals surface area contributed by atoms with Gasteiger partial charge in [-0.25, -0.2) is 0 Å². The second-order valence-corrected chi connectivity index (χ2v) is 5.60. The zero-order chi connectivity index (χ0) is 11.4. The van der Waals surface area contributed by atoms with Gasteiger partial charge < -0.3 is 0 Å². The molecular formula is C13H11Br2N. The summed E-state index contributed by atoms with van der Waals surface area (Å²) in [5.41, 5.74) is 2.58. The first-order valence-electron chi connectivity index (χ1n) is 5.04. The van der Waals surface area contributed by atoms with Crippen LogP contribution in [0.2, 0.25) is 0 Å². The molecule has 3 heteroatoms. The predicted octanol–water partition coefficient (Wildman–Crippen LogP) is 4.52. The van der Waals surface area contributed by atoms with E-state index in [0.29, 0.717) is 4.83 Å². The number of pyridine rings is 1. The van der Waals surface area contributed by atoms with E-state index in [1.165, 1.54) is 11.1 Å². The van der Waals surface area contributed by atoms with Gasteiger partial charge in [0.05, 0.1) is 0 Å². The minimum Gasteiger partial charge on any atom is -0.265 e. The summed E-state index contributed by atoms with van der Waals surface area (Å²) in [7, 11) is 0. The first-order chi connectivity index (χ1) is 7.75. The molecule has 0 aliphatic heterocycles. The Hall–Kier alpha value is -0.670. The van der Waals surface area contributed by atoms with E-state index in [4.69, 9.17) is 0 Å². The molecule has 0 saturated carbocycles. The van der Waals surface area contributed by atoms with Crippen LogP contribution in [0.3, 0.4) is 0 Å². The molecule has 0 radical (unpaired) electrons. The van der Waals surface area contributed by atoms with E-state index in [2.05, 4.69) is 61.1 Å². The van der Waals surface area contributed by atoms with Crippen LogP contribution in [0.5, 0.6) is 0 Å². The van der Waals surface area contributed by atoms with Gasteiger partial charge in [-0.15, -0.1) is 0 Å². The Morgan fingerprint density at radius 2 is 1.62 bits per heavy atom. The van der Waals surface area contributed by atoms with Crippen molar-refractivity contribution in [3.63, 3.8) is 0 Å². The molecule has 0 saturated heterocycles. The normalized spacial score (nSPS) is 12.4. The highest BCUT2D eigenvalue weighted by atomic mass is 79.9. The van der Waals surface area contributed by atoms with Crippen molar-refractivity contribution < 1.29 is 0 Å². The topological polar surface area (TPSA) is 12.9 Å². The first-order valence-corrected chi connectivity index (χ1v) is 6.75. The molecule has 0 N–H and O–H groups in total. The number of hydrogen-bond donors (Lipinski definition) is 0. The maximum Gasteiger partial charge on any atom is 0.0435 e. The third-order valence-electron chi connectivity index (χ3n) is 2.40. The Bertz CT molecular complexity index is 439. The minimum absolute atomic E-state index is 0.350. The van der Waals surface area contributed by atoms with Crippen LogP contribution in [0.15, 0.2) is 53.3 Å². The van der Waals surface area contributed by atoms with Gasteiger partial charge in [0.15, 0.2) is 0 Å². The molecule has 1 aromatic carbocycles. The molecule has 2 rings (SSSR count). The Morgan fingerprint density at radius 1 is 1.00 bits per heavy atom. The van der Waals surface area contributed by atoms with Crippen LogP contribution < -0.4 is 0 Å². The monoisotopic (exact) mass is 339 g/mol. The smallest absolute Gasteiger partial charge is 0.0435 e. The molecule has 0 amide bonds. The molecule has 0 bridgehead atoms. The van der Waals surface area contributed by atoms with Crippen LogP contribution in [0.25, 0.3) is 0 Å². The van der Waals surface area contributed by atoms with Crippen LogP contribution >= 0.6 is 31.9 Å². The van der Waals surface area contributed by atoms with Gasteiger partial charge in [0.2, 0.25) is 0 Å². The van der Waals surface area contributed by atoms with Crippen molar-refractivity contribution >= 4 is 31.9 Å². The van der Waals surface area contributed by atoms with Gasteiger partial charge in [0.25, 0.3) is 0 Å². The molecule has 1 heterocycles. The number of hydrogen-bond acceptors (Lipinski definition) is 1. The van der Waals surface area contributed by atoms with E-state index in [0.717, 1.165) is 10.9 Å². The Balaban J connectivity index is 2.09. The lowest BCUT2D eigenvalue weighted by Crippen LogP contribution is -1.95. The molecular weight excluding hydrogens is 330 g/mol. The quantitative estimate of drug-likeness (QED) is 0.748. The van der Waals surface area contributed by atoms with E-state index in [9.17, 15) is 0 Å². The Morgan fingerprint density at radius 3 is 2.25 bits per heavy atom. The lowest BCUT2D eigenvalue weighted by molar-refractivity contribution is 0.944. The van der Waals surface area contributed by atoms with Gasteiger partial charge in [0.1, 0.15) is 0 Å². The van der Waals surface area contributed by atoms with E-state index < -0.39 is 0 Å². The van der Waals surface area contributed by atoms with Gasteiger partial charge in [-0.3, -0.25) is 4.98 Å². The van der Waals surface area contributed by atoms with E-state index in [-0.39, 0.29) is 0 Å². The molecule has 0 spiro atoms. The highest BCUT2D eigenvalue weighted by Crippen LogP contribution is 2.27. The van der Waals surface area contributed by atoms with Crippen molar-refractivity contribution in [3.05, 3.63) is 64.4 Å². The molecule has 1 unspecified atom stereocenters. The largest absolute Gasteiger partial charge is 0.265 e. The van der Waals surface area contributed by atoms with Crippen molar-refractivity contribution in [2.45, 2.75) is 11.2 Å². The van der Waals surface area contributed by atoms with Crippen LogP contribution in [-0.4, -0.2) is 4.98 Å². The first kappa shape index (κ1) is 11.8. The summed E-state index contributed by atoms with van der Waals surface area (Å²) in [6.45, 7) is 0. The second-order valence-electron chi connectivity index (χ2n) is 3.58. The molecule has 1 aromatic heterocycles. The summed E-state index contributed by atoms with van der Waals surface area (Å²) in [5, 5.41) is 0. The number of nitrogens with zero attached hydrogens (tertiary/aromatic N) is 1. The summed E-state index contributed by atoms with van der Waals surface area (Å²) in [6, 6.07) is 12.5. The second kappa shape index (κ2) is 5.60. The highest BCUT2D eigenvalue weighted by molar-refractivity contribution is 9.10. The average Bonchev–Trinajstić information content (AvgIpc) is 2.31. The van der Waals surface area contributed by atoms with Gasteiger partial charge in [-0.2, -0.15) is 0 Å². The summed E-state index contributed by atoms with van der Waals surface area (Å²) < 4.78 is 1.11. The lowest BCUT2D eigenvalue weighted by atomic mass is 10.1. The van der Waals surface area contributed by atoms with Crippen molar-refractivity contribution in [2.75, 3.05) is 0 Å². The summed E-state index contributed by atoms with van der Waals surface area (Å²) in [4.78, 5) is 4.37. The third-order valence-corrected chi connectivity index (χ3v) is 3.78. The maximum absolute atomic E-state index is 4.02. The molecule has 16 heavy (non-hydrogen) atoms. The van der Waals surface area contributed by atoms with Crippen LogP contribution in [0.1, 0.15) is 16.0 Å². The predicted molar refractivity (Wildman–Crippen MR) is 73.8 cm³/mol. The van der Waals surface area contributed by atoms with Gasteiger partial charge in [0, 0.05) is 21.7 Å². The van der Waals surface area contributed by atoms with Gasteiger partial charge >= 0.3 is 0 Å². The highest BCUT2D eigenvalue weighted by Gasteiger charge is 2.07. The number of rotatable bonds is 3. The zero-order valence-electron chi connectivity index (χ0n) is 8.61. The summed E-state index contributed by atoms with van der Waals surface area (Å²) >= 11 is 7.15. The molecule has 0 aliphatic carbocycles. The molecule has 2 aromatic rings. The molecule has 1 nitrogen and oxygen atoms in total. The Labute approximate surface area is 112 Å². The van der Waals surface area contributed by atoms with Crippen LogP contribution in [0, 0.1) is 0 Å². The van der Waals surface area contributed by atoms with Crippen LogP contribution in [-0.2, 0) is 6.42 Å². The van der Waals surface area contributed by atoms with Gasteiger partial charge in [-0.05, 0) is 41.8 Å². The summed E-state index contributed by atoms with van der Waals surface area (Å²) in [5.74, 6) is 0. The van der Waals surface area contributed by atoms with Crippen molar-refractivity contribution in [1.82, 2.24) is 4.98 Å². The van der Waals surface area contributed by atoms with Crippen LogP contribution in [0.4, 0.5) is 0 Å². The van der Waals surface area contributed by atoms with E-state index >= 15 is 0 Å². The summed E-state index contributed by atoms with van der Waals surface area (Å²) in [6.07, 6.45) is 4.64. The minimum atomic E-state index is 0.350. The third kappa shape index (κ3) is 3.16. The fraction of sp³-hybridized carbons (Fsp3) is 0.154. The molecule has 1 atom stereocenters. The van der Waals surface area contributed by atoms with Gasteiger partial charge in [-0.1, -0.05) is 44.0 Å². The van der Waals surface area contributed by atoms with Crippen molar-refractivity contribution in [2.24, 2.45) is 0 Å². The standard InChI is InChI=1S/C13H11Br2N/c14-12-3-1-11(2-4-12)13(15)9-10-5-7-16-8-6-10/h1-8,13H,9H2. The zero-order valence-corrected chi connectivity index (χ0v) is 11.8.